The summed E-state index contributed by atoms with van der Waals surface area (Å²) in [6.07, 6.45) is 1.17. The number of aryl methyl sites for hydroxylation is 1. The number of nitrogens with one attached hydrogen (secondary N) is 2. The Hall–Kier alpha value is -2.35. The Kier molecular flexibility index (Phi) is 5.84. The van der Waals surface area contributed by atoms with Crippen LogP contribution in [0.5, 0.6) is 0 Å². The van der Waals surface area contributed by atoms with E-state index in [0.717, 1.165) is 7.11 Å². The van der Waals surface area contributed by atoms with Crippen molar-refractivity contribution in [1.82, 2.24) is 19.7 Å². The second-order valence-electron chi connectivity index (χ2n) is 4.55. The molecule has 2 aromatic rings. The van der Waals surface area contributed by atoms with Crippen LogP contribution in [0.2, 0.25) is 0 Å². The van der Waals surface area contributed by atoms with Crippen molar-refractivity contribution >= 4 is 50.6 Å². The van der Waals surface area contributed by atoms with Gasteiger partial charge in [-0.05, 0) is 47.7 Å². The number of hydrogen-bond acceptors (Lipinski definition) is 8. The van der Waals surface area contributed by atoms with Crippen LogP contribution in [-0.2, 0) is 14.8 Å². The van der Waals surface area contributed by atoms with E-state index in [1.165, 1.54) is 18.5 Å². The number of benzene rings is 1. The van der Waals surface area contributed by atoms with Gasteiger partial charge in [0.05, 0.1) is 12.7 Å². The van der Waals surface area contributed by atoms with Crippen LogP contribution < -0.4 is 10.0 Å². The number of ether oxygens (including phenoxy) is 1. The first kappa shape index (κ1) is 19.0. The Bertz CT molecular complexity index is 934. The first-order chi connectivity index (χ1) is 11.7. The van der Waals surface area contributed by atoms with Gasteiger partial charge in [-0.2, -0.15) is 4.98 Å². The molecule has 0 fully saturated rings. The van der Waals surface area contributed by atoms with Crippen molar-refractivity contribution < 1.29 is 22.7 Å². The zero-order valence-electron chi connectivity index (χ0n) is 13.0. The van der Waals surface area contributed by atoms with Gasteiger partial charge >= 0.3 is 12.0 Å². The summed E-state index contributed by atoms with van der Waals surface area (Å²) in [5.74, 6) is -0.611. The fraction of sp³-hybridized carbons (Fsp3) is 0.154. The van der Waals surface area contributed by atoms with Crippen LogP contribution in [0.15, 0.2) is 29.4 Å². The van der Waals surface area contributed by atoms with Crippen molar-refractivity contribution in [2.45, 2.75) is 11.8 Å². The molecule has 0 aliphatic rings. The molecule has 0 radical (unpaired) electrons. The maximum absolute atomic E-state index is 12.5. The standard InChI is InChI=1S/C13H12IN5O5S/c1-7-15-6-16-12(17-7)18-13(21)19-25(22,23)10-5-8(14)3-4-9(10)11(20)24-2/h3-6H,1-2H3,(H2,15,16,17,18,19,21). The average molecular weight is 477 g/mol. The van der Waals surface area contributed by atoms with Crippen molar-refractivity contribution in [2.24, 2.45) is 0 Å². The molecule has 1 aromatic heterocycles. The highest BCUT2D eigenvalue weighted by Crippen LogP contribution is 2.20. The van der Waals surface area contributed by atoms with Gasteiger partial charge in [0.25, 0.3) is 10.0 Å². The zero-order valence-corrected chi connectivity index (χ0v) is 16.0. The largest absolute Gasteiger partial charge is 0.465 e. The van der Waals surface area contributed by atoms with Crippen molar-refractivity contribution in [1.29, 1.82) is 0 Å². The number of amides is 2. The molecule has 0 unspecified atom stereocenters. The molecule has 1 heterocycles. The lowest BCUT2D eigenvalue weighted by atomic mass is 10.2. The number of aromatic nitrogens is 3. The van der Waals surface area contributed by atoms with Gasteiger partial charge in [-0.1, -0.05) is 0 Å². The van der Waals surface area contributed by atoms with Crippen molar-refractivity contribution in [2.75, 3.05) is 12.4 Å². The molecule has 0 spiro atoms. The minimum Gasteiger partial charge on any atom is -0.465 e. The third-order valence-corrected chi connectivity index (χ3v) is 4.83. The number of methoxy groups -OCH3 is 1. The van der Waals surface area contributed by atoms with Gasteiger partial charge in [-0.3, -0.25) is 5.32 Å². The predicted octanol–water partition coefficient (Wildman–Crippen LogP) is 1.08. The molecule has 0 bridgehead atoms. The molecule has 0 atom stereocenters. The first-order valence-electron chi connectivity index (χ1n) is 6.60. The topological polar surface area (TPSA) is 140 Å². The lowest BCUT2D eigenvalue weighted by Crippen LogP contribution is -2.35. The lowest BCUT2D eigenvalue weighted by molar-refractivity contribution is 0.0596. The summed E-state index contributed by atoms with van der Waals surface area (Å²) in [7, 11) is -3.21. The number of carbonyl (C=O) groups excluding carboxylic acids is 2. The molecule has 1 aromatic carbocycles. The number of halogens is 1. The number of hydrogen-bond donors (Lipinski definition) is 2. The van der Waals surface area contributed by atoms with Gasteiger partial charge in [-0.15, -0.1) is 0 Å². The number of esters is 1. The van der Waals surface area contributed by atoms with Gasteiger partial charge < -0.3 is 4.74 Å². The van der Waals surface area contributed by atoms with Crippen molar-refractivity contribution in [3.05, 3.63) is 39.5 Å². The molecule has 0 saturated heterocycles. The van der Waals surface area contributed by atoms with E-state index < -0.39 is 22.0 Å². The maximum atomic E-state index is 12.5. The fourth-order valence-corrected chi connectivity index (χ4v) is 3.57. The van der Waals surface area contributed by atoms with E-state index in [2.05, 4.69) is 25.0 Å². The number of sulfonamides is 1. The SMILES string of the molecule is COC(=O)c1ccc(I)cc1S(=O)(=O)NC(=O)Nc1ncnc(C)n1. The third kappa shape index (κ3) is 4.82. The fourth-order valence-electron chi connectivity index (χ4n) is 1.74. The van der Waals surface area contributed by atoms with E-state index >= 15 is 0 Å². The molecular weight excluding hydrogens is 465 g/mol. The Labute approximate surface area is 156 Å². The van der Waals surface area contributed by atoms with Crippen LogP contribution >= 0.6 is 22.6 Å². The van der Waals surface area contributed by atoms with Gasteiger partial charge in [0.1, 0.15) is 17.0 Å². The molecule has 2 N–H and O–H groups in total. The monoisotopic (exact) mass is 477 g/mol. The molecule has 132 valence electrons. The van der Waals surface area contributed by atoms with E-state index in [4.69, 9.17) is 0 Å². The second-order valence-corrected chi connectivity index (χ2v) is 7.44. The molecule has 25 heavy (non-hydrogen) atoms. The Morgan fingerprint density at radius 2 is 1.96 bits per heavy atom. The smallest absolute Gasteiger partial charge is 0.339 e. The Balaban J connectivity index is 2.28. The van der Waals surface area contributed by atoms with E-state index in [-0.39, 0.29) is 16.4 Å². The van der Waals surface area contributed by atoms with Gasteiger partial charge in [0.15, 0.2) is 0 Å². The number of carbonyl (C=O) groups is 2. The van der Waals surface area contributed by atoms with E-state index in [9.17, 15) is 18.0 Å². The summed E-state index contributed by atoms with van der Waals surface area (Å²) in [6, 6.07) is 3.00. The van der Waals surface area contributed by atoms with Crippen molar-refractivity contribution in [3.63, 3.8) is 0 Å². The molecule has 0 aliphatic heterocycles. The average Bonchev–Trinajstić information content (AvgIpc) is 2.53. The van der Waals surface area contributed by atoms with Crippen LogP contribution in [0.4, 0.5) is 10.7 Å². The van der Waals surface area contributed by atoms with Crippen LogP contribution in [0, 0.1) is 10.5 Å². The van der Waals surface area contributed by atoms with Crippen LogP contribution in [0.3, 0.4) is 0 Å². The summed E-state index contributed by atoms with van der Waals surface area (Å²) in [6.45, 7) is 1.58. The third-order valence-electron chi connectivity index (χ3n) is 2.78. The molecule has 10 nitrogen and oxygen atoms in total. The highest BCUT2D eigenvalue weighted by Gasteiger charge is 2.25. The number of urea groups is 1. The zero-order chi connectivity index (χ0) is 18.6. The molecule has 2 amide bonds. The quantitative estimate of drug-likeness (QED) is 0.493. The van der Waals surface area contributed by atoms with Crippen molar-refractivity contribution in [3.8, 4) is 0 Å². The van der Waals surface area contributed by atoms with E-state index in [0.29, 0.717) is 9.39 Å². The van der Waals surface area contributed by atoms with Crippen LogP contribution in [-0.4, -0.2) is 42.5 Å². The summed E-state index contributed by atoms with van der Waals surface area (Å²) in [5, 5.41) is 2.18. The van der Waals surface area contributed by atoms with Gasteiger partial charge in [0, 0.05) is 3.57 Å². The maximum Gasteiger partial charge on any atom is 0.339 e. The predicted molar refractivity (Wildman–Crippen MR) is 94.4 cm³/mol. The van der Waals surface area contributed by atoms with E-state index in [1.807, 2.05) is 22.6 Å². The Morgan fingerprint density at radius 3 is 2.60 bits per heavy atom. The first-order valence-corrected chi connectivity index (χ1v) is 9.16. The van der Waals surface area contributed by atoms with Crippen LogP contribution in [0.25, 0.3) is 0 Å². The normalized spacial score (nSPS) is 10.8. The number of nitrogens with zero attached hydrogens (tertiary/aromatic N) is 3. The molecule has 2 rings (SSSR count). The lowest BCUT2D eigenvalue weighted by Gasteiger charge is -2.11. The molecule has 0 saturated carbocycles. The summed E-state index contributed by atoms with van der Waals surface area (Å²) >= 11 is 1.88. The molecular formula is C13H12IN5O5S. The number of anilines is 1. The second kappa shape index (κ2) is 7.69. The van der Waals surface area contributed by atoms with Gasteiger partial charge in [-0.25, -0.2) is 32.7 Å². The molecule has 0 aliphatic carbocycles. The minimum absolute atomic E-state index is 0.115. The summed E-state index contributed by atoms with van der Waals surface area (Å²) in [5.41, 5.74) is -0.195. The Morgan fingerprint density at radius 1 is 1.24 bits per heavy atom. The number of rotatable bonds is 4. The summed E-state index contributed by atoms with van der Waals surface area (Å²) in [4.78, 5) is 34.6. The minimum atomic E-state index is -4.34. The van der Waals surface area contributed by atoms with Gasteiger partial charge in [0.2, 0.25) is 5.95 Å². The summed E-state index contributed by atoms with van der Waals surface area (Å²) < 4.78 is 31.8. The van der Waals surface area contributed by atoms with E-state index in [1.54, 1.807) is 17.7 Å². The molecule has 12 heteroatoms. The highest BCUT2D eigenvalue weighted by molar-refractivity contribution is 14.1. The highest BCUT2D eigenvalue weighted by atomic mass is 127. The van der Waals surface area contributed by atoms with Crippen LogP contribution in [0.1, 0.15) is 16.2 Å².